The number of aromatic nitrogens is 3. The minimum atomic E-state index is -0.179. The normalized spacial score (nSPS) is 18.3. The van der Waals surface area contributed by atoms with Gasteiger partial charge in [-0.1, -0.05) is 11.8 Å². The Bertz CT molecular complexity index is 717. The van der Waals surface area contributed by atoms with Crippen LogP contribution >= 0.6 is 11.8 Å². The van der Waals surface area contributed by atoms with E-state index in [0.717, 1.165) is 41.7 Å². The van der Waals surface area contributed by atoms with Gasteiger partial charge in [0.1, 0.15) is 5.75 Å². The third-order valence-corrected chi connectivity index (χ3v) is 4.91. The van der Waals surface area contributed by atoms with Crippen LogP contribution in [0.2, 0.25) is 0 Å². The number of methoxy groups -OCH3 is 1. The molecule has 1 aliphatic rings. The maximum atomic E-state index is 9.09. The number of nitrogens with zero attached hydrogens (tertiary/aromatic N) is 4. The Balaban J connectivity index is 1.92. The highest BCUT2D eigenvalue weighted by Crippen LogP contribution is 2.29. The number of hydrogen-bond donors (Lipinski definition) is 0. The number of rotatable bonds is 6. The van der Waals surface area contributed by atoms with Crippen molar-refractivity contribution in [3.05, 3.63) is 24.3 Å². The van der Waals surface area contributed by atoms with Gasteiger partial charge in [0.2, 0.25) is 0 Å². The Labute approximate surface area is 145 Å². The lowest BCUT2D eigenvalue weighted by Crippen LogP contribution is -2.17. The summed E-state index contributed by atoms with van der Waals surface area (Å²) in [6.07, 6.45) is 2.30. The Morgan fingerprint density at radius 3 is 2.83 bits per heavy atom. The van der Waals surface area contributed by atoms with Crippen LogP contribution in [-0.2, 0) is 11.3 Å². The van der Waals surface area contributed by atoms with Crippen LogP contribution in [-0.4, -0.2) is 39.8 Å². The fourth-order valence-corrected chi connectivity index (χ4v) is 3.42. The summed E-state index contributed by atoms with van der Waals surface area (Å²) >= 11 is 1.42. The van der Waals surface area contributed by atoms with E-state index in [1.54, 1.807) is 7.11 Å². The van der Waals surface area contributed by atoms with E-state index in [2.05, 4.69) is 20.8 Å². The number of ether oxygens (including phenoxy) is 2. The molecule has 1 aliphatic heterocycles. The predicted molar refractivity (Wildman–Crippen MR) is 91.9 cm³/mol. The standard InChI is InChI=1S/C17H20N4O2S/c1-12(10-18)24-17-20-19-16(13-5-7-14(22-2)8-6-13)21(17)11-15-4-3-9-23-15/h5-8,12,15H,3-4,9,11H2,1-2H3/t12-,15-/m1/s1. The molecule has 2 atom stereocenters. The first-order chi connectivity index (χ1) is 11.7. The molecule has 0 spiro atoms. The Kier molecular flexibility index (Phi) is 5.38. The molecule has 0 aliphatic carbocycles. The zero-order valence-corrected chi connectivity index (χ0v) is 14.6. The van der Waals surface area contributed by atoms with Crippen LogP contribution in [0.1, 0.15) is 19.8 Å². The second kappa shape index (κ2) is 7.69. The Morgan fingerprint density at radius 1 is 1.42 bits per heavy atom. The van der Waals surface area contributed by atoms with Gasteiger partial charge >= 0.3 is 0 Å². The van der Waals surface area contributed by atoms with Crippen LogP contribution in [0, 0.1) is 11.3 Å². The molecule has 1 aromatic heterocycles. The van der Waals surface area contributed by atoms with Gasteiger partial charge < -0.3 is 9.47 Å². The molecular formula is C17H20N4O2S. The highest BCUT2D eigenvalue weighted by molar-refractivity contribution is 8.00. The highest BCUT2D eigenvalue weighted by Gasteiger charge is 2.22. The first-order valence-corrected chi connectivity index (χ1v) is 8.84. The summed E-state index contributed by atoms with van der Waals surface area (Å²) in [6.45, 7) is 3.37. The molecule has 0 saturated carbocycles. The van der Waals surface area contributed by atoms with Crippen LogP contribution in [0.3, 0.4) is 0 Å². The molecule has 1 fully saturated rings. The molecule has 0 radical (unpaired) electrons. The van der Waals surface area contributed by atoms with Crippen LogP contribution < -0.4 is 4.74 Å². The van der Waals surface area contributed by atoms with E-state index in [9.17, 15) is 0 Å². The molecule has 24 heavy (non-hydrogen) atoms. The van der Waals surface area contributed by atoms with Crippen LogP contribution in [0.15, 0.2) is 29.4 Å². The van der Waals surface area contributed by atoms with E-state index in [1.165, 1.54) is 11.8 Å². The van der Waals surface area contributed by atoms with Crippen molar-refractivity contribution in [1.82, 2.24) is 14.8 Å². The maximum Gasteiger partial charge on any atom is 0.192 e. The number of thioether (sulfide) groups is 1. The average Bonchev–Trinajstić information content (AvgIpc) is 3.26. The van der Waals surface area contributed by atoms with Gasteiger partial charge in [0.15, 0.2) is 11.0 Å². The second-order valence-electron chi connectivity index (χ2n) is 5.67. The number of benzene rings is 1. The van der Waals surface area contributed by atoms with Gasteiger partial charge in [-0.15, -0.1) is 10.2 Å². The molecule has 2 aromatic rings. The number of nitriles is 1. The smallest absolute Gasteiger partial charge is 0.192 e. The molecule has 2 heterocycles. The van der Waals surface area contributed by atoms with Crippen LogP contribution in [0.5, 0.6) is 5.75 Å². The third kappa shape index (κ3) is 3.71. The summed E-state index contributed by atoms with van der Waals surface area (Å²) in [5.41, 5.74) is 0.970. The minimum absolute atomic E-state index is 0.176. The van der Waals surface area contributed by atoms with Crippen LogP contribution in [0.25, 0.3) is 11.4 Å². The summed E-state index contributed by atoms with van der Waals surface area (Å²) in [6, 6.07) is 9.99. The van der Waals surface area contributed by atoms with Gasteiger partial charge in [-0.05, 0) is 44.0 Å². The van der Waals surface area contributed by atoms with Crippen LogP contribution in [0.4, 0.5) is 0 Å². The molecule has 0 bridgehead atoms. The molecule has 3 rings (SSSR count). The van der Waals surface area contributed by atoms with Gasteiger partial charge in [0.25, 0.3) is 0 Å². The average molecular weight is 344 g/mol. The Hall–Kier alpha value is -2.04. The molecule has 1 saturated heterocycles. The van der Waals surface area contributed by atoms with E-state index in [-0.39, 0.29) is 11.4 Å². The van der Waals surface area contributed by atoms with E-state index < -0.39 is 0 Å². The molecule has 0 unspecified atom stereocenters. The SMILES string of the molecule is COc1ccc(-c2nnc(S[C@H](C)C#N)n2C[C@H]2CCCO2)cc1. The topological polar surface area (TPSA) is 73.0 Å². The van der Waals surface area contributed by atoms with Crippen molar-refractivity contribution in [2.24, 2.45) is 0 Å². The molecule has 126 valence electrons. The first-order valence-electron chi connectivity index (χ1n) is 7.96. The molecule has 0 N–H and O–H groups in total. The monoisotopic (exact) mass is 344 g/mol. The van der Waals surface area contributed by atoms with E-state index in [0.29, 0.717) is 6.54 Å². The lowest BCUT2D eigenvalue weighted by atomic mass is 10.2. The van der Waals surface area contributed by atoms with Crippen molar-refractivity contribution in [2.75, 3.05) is 13.7 Å². The van der Waals surface area contributed by atoms with Crippen molar-refractivity contribution in [3.63, 3.8) is 0 Å². The molecule has 7 heteroatoms. The second-order valence-corrected chi connectivity index (χ2v) is 6.98. The largest absolute Gasteiger partial charge is 0.497 e. The van der Waals surface area contributed by atoms with E-state index in [1.807, 2.05) is 31.2 Å². The lowest BCUT2D eigenvalue weighted by molar-refractivity contribution is 0.0953. The fraction of sp³-hybridized carbons (Fsp3) is 0.471. The zero-order valence-electron chi connectivity index (χ0n) is 13.8. The van der Waals surface area contributed by atoms with Gasteiger partial charge in [-0.25, -0.2) is 0 Å². The first kappa shape index (κ1) is 16.8. The van der Waals surface area contributed by atoms with Crippen molar-refractivity contribution >= 4 is 11.8 Å². The molecule has 0 amide bonds. The summed E-state index contributed by atoms with van der Waals surface area (Å²) in [4.78, 5) is 0. The molecular weight excluding hydrogens is 324 g/mol. The molecule has 1 aromatic carbocycles. The van der Waals surface area contributed by atoms with Crippen molar-refractivity contribution < 1.29 is 9.47 Å². The zero-order chi connectivity index (χ0) is 16.9. The van der Waals surface area contributed by atoms with Crippen molar-refractivity contribution in [2.45, 2.75) is 42.8 Å². The lowest BCUT2D eigenvalue weighted by Gasteiger charge is -2.15. The Morgan fingerprint density at radius 2 is 2.21 bits per heavy atom. The quantitative estimate of drug-likeness (QED) is 0.750. The maximum absolute atomic E-state index is 9.09. The van der Waals surface area contributed by atoms with Gasteiger partial charge in [-0.2, -0.15) is 5.26 Å². The summed E-state index contributed by atoms with van der Waals surface area (Å²) in [7, 11) is 1.65. The summed E-state index contributed by atoms with van der Waals surface area (Å²) in [5, 5.41) is 18.3. The predicted octanol–water partition coefficient (Wildman–Crippen LogP) is 3.14. The highest BCUT2D eigenvalue weighted by atomic mass is 32.2. The summed E-state index contributed by atoms with van der Waals surface area (Å²) < 4.78 is 13.0. The molecule has 6 nitrogen and oxygen atoms in total. The van der Waals surface area contributed by atoms with E-state index in [4.69, 9.17) is 14.7 Å². The van der Waals surface area contributed by atoms with Crippen molar-refractivity contribution in [3.8, 4) is 23.2 Å². The third-order valence-electron chi connectivity index (χ3n) is 3.94. The van der Waals surface area contributed by atoms with E-state index >= 15 is 0 Å². The van der Waals surface area contributed by atoms with Gasteiger partial charge in [0, 0.05) is 12.2 Å². The number of hydrogen-bond acceptors (Lipinski definition) is 6. The van der Waals surface area contributed by atoms with Gasteiger partial charge in [-0.3, -0.25) is 4.57 Å². The van der Waals surface area contributed by atoms with Gasteiger partial charge in [0.05, 0.1) is 31.1 Å². The summed E-state index contributed by atoms with van der Waals surface area (Å²) in [5.74, 6) is 1.59. The van der Waals surface area contributed by atoms with Crippen molar-refractivity contribution in [1.29, 1.82) is 5.26 Å². The fourth-order valence-electron chi connectivity index (χ4n) is 2.67. The minimum Gasteiger partial charge on any atom is -0.497 e.